The van der Waals surface area contributed by atoms with Crippen molar-refractivity contribution in [1.82, 2.24) is 9.21 Å². The maximum atomic E-state index is 13.2. The highest BCUT2D eigenvalue weighted by Gasteiger charge is 2.32. The van der Waals surface area contributed by atoms with Gasteiger partial charge in [-0.25, -0.2) is 8.42 Å². The van der Waals surface area contributed by atoms with Gasteiger partial charge in [0.1, 0.15) is 5.84 Å². The molecule has 5 rings (SSSR count). The van der Waals surface area contributed by atoms with Crippen molar-refractivity contribution in [2.24, 2.45) is 5.73 Å². The number of nitrogens with one attached hydrogen (secondary N) is 1. The molecule has 36 heavy (non-hydrogen) atoms. The molecule has 0 radical (unpaired) electrons. The van der Waals surface area contributed by atoms with E-state index in [0.29, 0.717) is 18.7 Å². The Kier molecular flexibility index (Phi) is 6.30. The van der Waals surface area contributed by atoms with Crippen LogP contribution in [-0.4, -0.2) is 49.0 Å². The summed E-state index contributed by atoms with van der Waals surface area (Å²) < 4.78 is 27.7. The van der Waals surface area contributed by atoms with Crippen molar-refractivity contribution in [3.8, 4) is 11.1 Å². The molecule has 1 amide bonds. The van der Waals surface area contributed by atoms with Crippen molar-refractivity contribution in [3.05, 3.63) is 102 Å². The van der Waals surface area contributed by atoms with Crippen LogP contribution in [0.4, 0.5) is 0 Å². The second-order valence-corrected chi connectivity index (χ2v) is 10.8. The molecular formula is C28H26N4O3S. The van der Waals surface area contributed by atoms with Gasteiger partial charge in [-0.3, -0.25) is 10.2 Å². The molecule has 0 atom stereocenters. The zero-order valence-electron chi connectivity index (χ0n) is 19.6. The summed E-state index contributed by atoms with van der Waals surface area (Å²) in [7, 11) is -3.78. The summed E-state index contributed by atoms with van der Waals surface area (Å²) in [5.74, 6) is -0.229. The number of benzene rings is 4. The molecule has 1 aliphatic heterocycles. The summed E-state index contributed by atoms with van der Waals surface area (Å²) in [4.78, 5) is 14.8. The minimum absolute atomic E-state index is 0.00418. The monoisotopic (exact) mass is 498 g/mol. The molecule has 1 fully saturated rings. The van der Waals surface area contributed by atoms with E-state index in [0.717, 1.165) is 27.5 Å². The van der Waals surface area contributed by atoms with E-state index in [1.54, 1.807) is 29.2 Å². The Hall–Kier alpha value is -4.01. The second kappa shape index (κ2) is 9.56. The number of nitrogens with zero attached hydrogens (tertiary/aromatic N) is 2. The molecule has 1 saturated heterocycles. The number of piperazine rings is 1. The van der Waals surface area contributed by atoms with Gasteiger partial charge in [0.05, 0.1) is 11.4 Å². The summed E-state index contributed by atoms with van der Waals surface area (Å²) in [5, 5.41) is 9.60. The topological polar surface area (TPSA) is 108 Å². The number of hydrogen-bond acceptors (Lipinski definition) is 4. The molecule has 7 nitrogen and oxygen atoms in total. The standard InChI is InChI=1S/C28H26N4O3S/c29-28(30)24-9-8-23-7-6-20(16-25(23)17-24)18-31-14-15-32(19-27(31)33)36(34,35)26-12-10-22(11-13-26)21-4-2-1-3-5-21/h1-13,16-17H,14-15,18-19H2,(H3,29,30). The third-order valence-electron chi connectivity index (χ3n) is 6.47. The lowest BCUT2D eigenvalue weighted by atomic mass is 10.0. The van der Waals surface area contributed by atoms with Crippen molar-refractivity contribution < 1.29 is 13.2 Å². The quantitative estimate of drug-likeness (QED) is 0.311. The first-order valence-electron chi connectivity index (χ1n) is 11.6. The third kappa shape index (κ3) is 4.73. The second-order valence-electron chi connectivity index (χ2n) is 8.85. The molecule has 182 valence electrons. The Morgan fingerprint density at radius 2 is 1.53 bits per heavy atom. The van der Waals surface area contributed by atoms with Crippen molar-refractivity contribution in [3.63, 3.8) is 0 Å². The van der Waals surface area contributed by atoms with Crippen LogP contribution in [0, 0.1) is 5.41 Å². The van der Waals surface area contributed by atoms with Gasteiger partial charge in [0.25, 0.3) is 0 Å². The molecular weight excluding hydrogens is 472 g/mol. The minimum atomic E-state index is -3.78. The lowest BCUT2D eigenvalue weighted by Crippen LogP contribution is -2.51. The van der Waals surface area contributed by atoms with Gasteiger partial charge in [0, 0.05) is 25.2 Å². The van der Waals surface area contributed by atoms with Gasteiger partial charge in [0.2, 0.25) is 15.9 Å². The Labute approximate surface area is 210 Å². The largest absolute Gasteiger partial charge is 0.384 e. The van der Waals surface area contributed by atoms with Crippen LogP contribution in [0.5, 0.6) is 0 Å². The number of rotatable bonds is 6. The average molecular weight is 499 g/mol. The summed E-state index contributed by atoms with van der Waals surface area (Å²) >= 11 is 0. The average Bonchev–Trinajstić information content (AvgIpc) is 2.90. The van der Waals surface area contributed by atoms with Crippen molar-refractivity contribution >= 4 is 32.5 Å². The van der Waals surface area contributed by atoms with E-state index < -0.39 is 10.0 Å². The van der Waals surface area contributed by atoms with Gasteiger partial charge in [-0.2, -0.15) is 4.31 Å². The summed E-state index contributed by atoms with van der Waals surface area (Å²) in [6.45, 7) is 0.742. The summed E-state index contributed by atoms with van der Waals surface area (Å²) in [6, 6.07) is 28.0. The van der Waals surface area contributed by atoms with E-state index in [2.05, 4.69) is 0 Å². The van der Waals surface area contributed by atoms with Crippen molar-refractivity contribution in [2.45, 2.75) is 11.4 Å². The van der Waals surface area contributed by atoms with Crippen molar-refractivity contribution in [1.29, 1.82) is 5.41 Å². The number of nitrogens with two attached hydrogens (primary N) is 1. The van der Waals surface area contributed by atoms with Gasteiger partial charge >= 0.3 is 0 Å². The minimum Gasteiger partial charge on any atom is -0.384 e. The molecule has 0 saturated carbocycles. The van der Waals surface area contributed by atoms with E-state index in [9.17, 15) is 13.2 Å². The zero-order valence-corrected chi connectivity index (χ0v) is 20.4. The number of amides is 1. The fourth-order valence-electron chi connectivity index (χ4n) is 4.44. The fraction of sp³-hybridized carbons (Fsp3) is 0.143. The van der Waals surface area contributed by atoms with Gasteiger partial charge in [0.15, 0.2) is 0 Å². The molecule has 1 heterocycles. The summed E-state index contributed by atoms with van der Waals surface area (Å²) in [5.41, 5.74) is 9.13. The highest BCUT2D eigenvalue weighted by molar-refractivity contribution is 7.89. The molecule has 0 unspecified atom stereocenters. The number of carbonyl (C=O) groups excluding carboxylic acids is 1. The Balaban J connectivity index is 1.28. The van der Waals surface area contributed by atoms with E-state index in [-0.39, 0.29) is 29.7 Å². The number of amidine groups is 1. The molecule has 8 heteroatoms. The number of sulfonamides is 1. The SMILES string of the molecule is N=C(N)c1ccc2ccc(CN3CCN(S(=O)(=O)c4ccc(-c5ccccc5)cc4)CC3=O)cc2c1. The lowest BCUT2D eigenvalue weighted by Gasteiger charge is -2.33. The van der Waals surface area contributed by atoms with Crippen LogP contribution in [0.1, 0.15) is 11.1 Å². The van der Waals surface area contributed by atoms with Crippen LogP contribution in [0.25, 0.3) is 21.9 Å². The smallest absolute Gasteiger partial charge is 0.243 e. The normalized spacial score (nSPS) is 14.8. The third-order valence-corrected chi connectivity index (χ3v) is 8.33. The first-order chi connectivity index (χ1) is 17.3. The van der Waals surface area contributed by atoms with Crippen LogP contribution >= 0.6 is 0 Å². The van der Waals surface area contributed by atoms with Crippen molar-refractivity contribution in [2.75, 3.05) is 19.6 Å². The van der Waals surface area contributed by atoms with Gasteiger partial charge in [-0.1, -0.05) is 66.7 Å². The first kappa shape index (κ1) is 23.7. The summed E-state index contributed by atoms with van der Waals surface area (Å²) in [6.07, 6.45) is 0. The maximum Gasteiger partial charge on any atom is 0.243 e. The molecule has 4 aromatic rings. The Morgan fingerprint density at radius 3 is 2.22 bits per heavy atom. The van der Waals surface area contributed by atoms with E-state index >= 15 is 0 Å². The molecule has 0 spiro atoms. The molecule has 0 bridgehead atoms. The van der Waals surface area contributed by atoms with Gasteiger partial charge in [-0.15, -0.1) is 0 Å². The highest BCUT2D eigenvalue weighted by atomic mass is 32.2. The highest BCUT2D eigenvalue weighted by Crippen LogP contribution is 2.25. The lowest BCUT2D eigenvalue weighted by molar-refractivity contribution is -0.134. The predicted octanol–water partition coefficient (Wildman–Crippen LogP) is 3.82. The Bertz CT molecular complexity index is 1550. The van der Waals surface area contributed by atoms with Gasteiger partial charge < -0.3 is 10.6 Å². The Morgan fingerprint density at radius 1 is 0.833 bits per heavy atom. The van der Waals surface area contributed by atoms with E-state index in [4.69, 9.17) is 11.1 Å². The van der Waals surface area contributed by atoms with Crippen LogP contribution in [0.3, 0.4) is 0 Å². The number of nitrogen functional groups attached to an aromatic ring is 1. The van der Waals surface area contributed by atoms with E-state index in [1.165, 1.54) is 4.31 Å². The molecule has 1 aliphatic rings. The molecule has 4 aromatic carbocycles. The first-order valence-corrected chi connectivity index (χ1v) is 13.1. The van der Waals surface area contributed by atoms with Crippen LogP contribution < -0.4 is 5.73 Å². The number of fused-ring (bicyclic) bond motifs is 1. The maximum absolute atomic E-state index is 13.2. The molecule has 0 aliphatic carbocycles. The van der Waals surface area contributed by atoms with Crippen LogP contribution in [0.15, 0.2) is 95.9 Å². The van der Waals surface area contributed by atoms with E-state index in [1.807, 2.05) is 66.7 Å². The molecule has 0 aromatic heterocycles. The molecule has 3 N–H and O–H groups in total. The fourth-order valence-corrected chi connectivity index (χ4v) is 5.82. The number of carbonyl (C=O) groups is 1. The van der Waals surface area contributed by atoms with Crippen LogP contribution in [0.2, 0.25) is 0 Å². The number of hydrogen-bond donors (Lipinski definition) is 2. The zero-order chi connectivity index (χ0) is 25.3. The van der Waals surface area contributed by atoms with Gasteiger partial charge in [-0.05, 0) is 51.7 Å². The van der Waals surface area contributed by atoms with Crippen LogP contribution in [-0.2, 0) is 21.4 Å². The predicted molar refractivity (Wildman–Crippen MR) is 141 cm³/mol.